The van der Waals surface area contributed by atoms with Gasteiger partial charge in [-0.25, -0.2) is 9.97 Å². The number of fused-ring (bicyclic) bond motifs is 1. The molecule has 5 heteroatoms. The molecule has 0 atom stereocenters. The molecule has 3 aromatic rings. The maximum absolute atomic E-state index is 5.64. The number of anilines is 1. The third-order valence-corrected chi connectivity index (χ3v) is 2.61. The molecule has 0 radical (unpaired) electrons. The number of rotatable bonds is 3. The molecular formula is C13H12N4O. The summed E-state index contributed by atoms with van der Waals surface area (Å²) in [6, 6.07) is 7.44. The summed E-state index contributed by atoms with van der Waals surface area (Å²) < 4.78 is 7.60. The number of imidazole rings is 1. The lowest BCUT2D eigenvalue weighted by Gasteiger charge is -2.06. The van der Waals surface area contributed by atoms with Gasteiger partial charge in [0.1, 0.15) is 23.8 Å². The molecule has 18 heavy (non-hydrogen) atoms. The van der Waals surface area contributed by atoms with E-state index in [4.69, 9.17) is 10.5 Å². The summed E-state index contributed by atoms with van der Waals surface area (Å²) in [6.07, 6.45) is 7.30. The normalized spacial score (nSPS) is 10.7. The second kappa shape index (κ2) is 4.37. The van der Waals surface area contributed by atoms with E-state index in [1.807, 2.05) is 28.9 Å². The Bertz CT molecular complexity index is 677. The second-order valence-corrected chi connectivity index (χ2v) is 3.94. The van der Waals surface area contributed by atoms with Crippen LogP contribution >= 0.6 is 0 Å². The predicted molar refractivity (Wildman–Crippen MR) is 68.2 cm³/mol. The van der Waals surface area contributed by atoms with E-state index in [1.165, 1.54) is 0 Å². The maximum atomic E-state index is 5.64. The van der Waals surface area contributed by atoms with Crippen LogP contribution in [0.25, 0.3) is 5.65 Å². The van der Waals surface area contributed by atoms with Crippen LogP contribution in [-0.2, 0) is 6.61 Å². The fourth-order valence-electron chi connectivity index (χ4n) is 1.74. The van der Waals surface area contributed by atoms with Gasteiger partial charge in [-0.1, -0.05) is 6.07 Å². The molecule has 0 spiro atoms. The number of hydrogen-bond acceptors (Lipinski definition) is 4. The van der Waals surface area contributed by atoms with Crippen molar-refractivity contribution in [3.63, 3.8) is 0 Å². The van der Waals surface area contributed by atoms with Crippen molar-refractivity contribution >= 4 is 11.5 Å². The molecule has 0 aromatic carbocycles. The van der Waals surface area contributed by atoms with Gasteiger partial charge in [-0.2, -0.15) is 0 Å². The number of aromatic nitrogens is 3. The predicted octanol–water partition coefficient (Wildman–Crippen LogP) is 1.89. The average molecular weight is 240 g/mol. The second-order valence-electron chi connectivity index (χ2n) is 3.94. The van der Waals surface area contributed by atoms with Gasteiger partial charge >= 0.3 is 0 Å². The Kier molecular flexibility index (Phi) is 2.57. The van der Waals surface area contributed by atoms with Gasteiger partial charge in [0.2, 0.25) is 0 Å². The molecule has 3 heterocycles. The first-order valence-electron chi connectivity index (χ1n) is 5.57. The van der Waals surface area contributed by atoms with Crippen LogP contribution in [0.1, 0.15) is 5.56 Å². The zero-order valence-electron chi connectivity index (χ0n) is 9.65. The zero-order valence-corrected chi connectivity index (χ0v) is 9.65. The molecule has 5 nitrogen and oxygen atoms in total. The van der Waals surface area contributed by atoms with E-state index in [9.17, 15) is 0 Å². The van der Waals surface area contributed by atoms with Crippen molar-refractivity contribution in [2.24, 2.45) is 0 Å². The van der Waals surface area contributed by atoms with E-state index in [0.717, 1.165) is 11.2 Å². The van der Waals surface area contributed by atoms with Gasteiger partial charge in [0, 0.05) is 36.4 Å². The summed E-state index contributed by atoms with van der Waals surface area (Å²) in [5, 5.41) is 0. The van der Waals surface area contributed by atoms with Crippen molar-refractivity contribution in [2.75, 3.05) is 5.73 Å². The summed E-state index contributed by atoms with van der Waals surface area (Å²) in [4.78, 5) is 8.10. The lowest BCUT2D eigenvalue weighted by molar-refractivity contribution is 0.305. The number of pyridine rings is 2. The van der Waals surface area contributed by atoms with Crippen molar-refractivity contribution < 1.29 is 4.74 Å². The summed E-state index contributed by atoms with van der Waals surface area (Å²) >= 11 is 0. The molecular weight excluding hydrogens is 228 g/mol. The molecule has 0 saturated carbocycles. The Hall–Kier alpha value is -2.56. The third kappa shape index (κ3) is 2.10. The fourth-order valence-corrected chi connectivity index (χ4v) is 1.74. The molecule has 0 aliphatic heterocycles. The Morgan fingerprint density at radius 1 is 1.17 bits per heavy atom. The minimum atomic E-state index is 0.456. The number of ether oxygens (including phenoxy) is 1. The SMILES string of the molecule is Nc1cc(OCc2ccc3nccn3c2)ccn1. The smallest absolute Gasteiger partial charge is 0.136 e. The van der Waals surface area contributed by atoms with Crippen LogP contribution in [0.3, 0.4) is 0 Å². The Balaban J connectivity index is 1.76. The van der Waals surface area contributed by atoms with E-state index in [0.29, 0.717) is 18.2 Å². The van der Waals surface area contributed by atoms with Gasteiger partial charge in [-0.3, -0.25) is 0 Å². The van der Waals surface area contributed by atoms with Gasteiger partial charge in [0.25, 0.3) is 0 Å². The van der Waals surface area contributed by atoms with Crippen LogP contribution < -0.4 is 10.5 Å². The van der Waals surface area contributed by atoms with Crippen molar-refractivity contribution in [1.82, 2.24) is 14.4 Å². The zero-order chi connectivity index (χ0) is 12.4. The van der Waals surface area contributed by atoms with Gasteiger partial charge in [0.05, 0.1) is 0 Å². The number of hydrogen-bond donors (Lipinski definition) is 1. The highest BCUT2D eigenvalue weighted by Crippen LogP contribution is 2.14. The quantitative estimate of drug-likeness (QED) is 0.759. The Morgan fingerprint density at radius 3 is 3.00 bits per heavy atom. The van der Waals surface area contributed by atoms with E-state index in [1.54, 1.807) is 24.5 Å². The summed E-state index contributed by atoms with van der Waals surface area (Å²) in [5.74, 6) is 1.17. The summed E-state index contributed by atoms with van der Waals surface area (Å²) in [6.45, 7) is 0.484. The van der Waals surface area contributed by atoms with E-state index >= 15 is 0 Å². The van der Waals surface area contributed by atoms with Crippen molar-refractivity contribution in [2.45, 2.75) is 6.61 Å². The monoisotopic (exact) mass is 240 g/mol. The molecule has 90 valence electrons. The van der Waals surface area contributed by atoms with Gasteiger partial charge in [-0.05, 0) is 12.1 Å². The van der Waals surface area contributed by atoms with Crippen molar-refractivity contribution in [3.8, 4) is 5.75 Å². The standard InChI is InChI=1S/C13H12N4O/c14-12-7-11(3-4-15-12)18-9-10-1-2-13-16-5-6-17(13)8-10/h1-8H,9H2,(H2,14,15). The van der Waals surface area contributed by atoms with E-state index in [2.05, 4.69) is 9.97 Å². The minimum absolute atomic E-state index is 0.456. The molecule has 2 N–H and O–H groups in total. The molecule has 3 aromatic heterocycles. The summed E-state index contributed by atoms with van der Waals surface area (Å²) in [7, 11) is 0. The molecule has 0 amide bonds. The van der Waals surface area contributed by atoms with E-state index in [-0.39, 0.29) is 0 Å². The van der Waals surface area contributed by atoms with Crippen LogP contribution in [0.4, 0.5) is 5.82 Å². The lowest BCUT2D eigenvalue weighted by atomic mass is 10.3. The highest BCUT2D eigenvalue weighted by atomic mass is 16.5. The fraction of sp³-hybridized carbons (Fsp3) is 0.0769. The number of nitrogens with two attached hydrogens (primary N) is 1. The molecule has 3 rings (SSSR count). The topological polar surface area (TPSA) is 65.4 Å². The lowest BCUT2D eigenvalue weighted by Crippen LogP contribution is -1.98. The average Bonchev–Trinajstić information content (AvgIpc) is 2.84. The van der Waals surface area contributed by atoms with Gasteiger partial charge in [0.15, 0.2) is 0 Å². The highest BCUT2D eigenvalue weighted by molar-refractivity contribution is 5.39. The first kappa shape index (κ1) is 10.6. The molecule has 0 unspecified atom stereocenters. The van der Waals surface area contributed by atoms with Crippen molar-refractivity contribution in [1.29, 1.82) is 0 Å². The first-order valence-corrected chi connectivity index (χ1v) is 5.57. The molecule has 0 saturated heterocycles. The van der Waals surface area contributed by atoms with Crippen LogP contribution in [0.2, 0.25) is 0 Å². The van der Waals surface area contributed by atoms with Crippen molar-refractivity contribution in [3.05, 3.63) is 54.6 Å². The Morgan fingerprint density at radius 2 is 2.11 bits per heavy atom. The van der Waals surface area contributed by atoms with Crippen LogP contribution in [0.15, 0.2) is 49.1 Å². The van der Waals surface area contributed by atoms with Crippen LogP contribution in [0, 0.1) is 0 Å². The number of nitrogens with zero attached hydrogens (tertiary/aromatic N) is 3. The summed E-state index contributed by atoms with van der Waals surface area (Å²) in [5.41, 5.74) is 7.57. The van der Waals surface area contributed by atoms with Crippen LogP contribution in [0.5, 0.6) is 5.75 Å². The number of nitrogen functional groups attached to an aromatic ring is 1. The third-order valence-electron chi connectivity index (χ3n) is 2.61. The molecule has 0 aliphatic rings. The van der Waals surface area contributed by atoms with Gasteiger partial charge < -0.3 is 14.9 Å². The molecule has 0 aliphatic carbocycles. The highest BCUT2D eigenvalue weighted by Gasteiger charge is 1.99. The largest absolute Gasteiger partial charge is 0.489 e. The Labute approximate surface area is 104 Å². The molecule has 0 bridgehead atoms. The maximum Gasteiger partial charge on any atom is 0.136 e. The molecule has 0 fully saturated rings. The minimum Gasteiger partial charge on any atom is -0.489 e. The van der Waals surface area contributed by atoms with Crippen LogP contribution in [-0.4, -0.2) is 14.4 Å². The van der Waals surface area contributed by atoms with E-state index < -0.39 is 0 Å². The first-order chi connectivity index (χ1) is 8.81. The van der Waals surface area contributed by atoms with Gasteiger partial charge in [-0.15, -0.1) is 0 Å².